The summed E-state index contributed by atoms with van der Waals surface area (Å²) in [7, 11) is 1.21. The van der Waals surface area contributed by atoms with Gasteiger partial charge in [-0.15, -0.1) is 0 Å². The van der Waals surface area contributed by atoms with Crippen LogP contribution in [0.15, 0.2) is 18.2 Å². The first-order valence-corrected chi connectivity index (χ1v) is 5.01. The molecule has 0 radical (unpaired) electrons. The van der Waals surface area contributed by atoms with Crippen molar-refractivity contribution in [2.24, 2.45) is 0 Å². The Hall–Kier alpha value is -2.28. The Morgan fingerprint density at radius 1 is 1.28 bits per heavy atom. The SMILES string of the molecule is COC(CNC(=O)c1cc(O)cc(O)c1)C(=O)O. The summed E-state index contributed by atoms with van der Waals surface area (Å²) in [5.74, 6) is -2.34. The number of nitrogens with one attached hydrogen (secondary N) is 1. The highest BCUT2D eigenvalue weighted by Gasteiger charge is 2.18. The van der Waals surface area contributed by atoms with Crippen molar-refractivity contribution in [2.45, 2.75) is 6.10 Å². The van der Waals surface area contributed by atoms with Crippen LogP contribution in [0.1, 0.15) is 10.4 Å². The van der Waals surface area contributed by atoms with Gasteiger partial charge in [0.25, 0.3) is 5.91 Å². The Labute approximate surface area is 103 Å². The molecule has 0 aliphatic carbocycles. The van der Waals surface area contributed by atoms with E-state index < -0.39 is 18.0 Å². The Morgan fingerprint density at radius 3 is 2.28 bits per heavy atom. The molecule has 0 heterocycles. The number of rotatable bonds is 5. The summed E-state index contributed by atoms with van der Waals surface area (Å²) in [6.07, 6.45) is -1.15. The van der Waals surface area contributed by atoms with Crippen molar-refractivity contribution in [3.8, 4) is 11.5 Å². The summed E-state index contributed by atoms with van der Waals surface area (Å²) in [4.78, 5) is 22.2. The predicted octanol–water partition coefficient (Wildman–Crippen LogP) is -0.0728. The predicted molar refractivity (Wildman–Crippen MR) is 60.5 cm³/mol. The number of hydrogen-bond acceptors (Lipinski definition) is 5. The van der Waals surface area contributed by atoms with Gasteiger partial charge >= 0.3 is 5.97 Å². The normalized spacial score (nSPS) is 11.8. The third kappa shape index (κ3) is 3.63. The summed E-state index contributed by atoms with van der Waals surface area (Å²) in [5.41, 5.74) is 0.0211. The lowest BCUT2D eigenvalue weighted by Crippen LogP contribution is -2.37. The minimum Gasteiger partial charge on any atom is -0.508 e. The van der Waals surface area contributed by atoms with Gasteiger partial charge < -0.3 is 25.4 Å². The van der Waals surface area contributed by atoms with Crippen molar-refractivity contribution in [1.82, 2.24) is 5.32 Å². The maximum absolute atomic E-state index is 11.6. The van der Waals surface area contributed by atoms with Crippen LogP contribution < -0.4 is 5.32 Å². The minimum absolute atomic E-state index is 0.0211. The number of aliphatic carboxylic acids is 1. The van der Waals surface area contributed by atoms with Gasteiger partial charge in [0.05, 0.1) is 6.54 Å². The van der Waals surface area contributed by atoms with E-state index in [4.69, 9.17) is 5.11 Å². The second kappa shape index (κ2) is 5.87. The summed E-state index contributed by atoms with van der Waals surface area (Å²) < 4.78 is 4.63. The number of carbonyl (C=O) groups excluding carboxylic acids is 1. The van der Waals surface area contributed by atoms with Crippen molar-refractivity contribution in [3.05, 3.63) is 23.8 Å². The first kappa shape index (κ1) is 13.8. The quantitative estimate of drug-likeness (QED) is 0.585. The van der Waals surface area contributed by atoms with E-state index >= 15 is 0 Å². The number of amides is 1. The number of carbonyl (C=O) groups is 2. The average Bonchev–Trinajstić information content (AvgIpc) is 2.27. The van der Waals surface area contributed by atoms with Gasteiger partial charge in [-0.3, -0.25) is 4.79 Å². The molecule has 98 valence electrons. The molecule has 4 N–H and O–H groups in total. The molecule has 1 aromatic rings. The van der Waals surface area contributed by atoms with Crippen molar-refractivity contribution < 1.29 is 29.6 Å². The van der Waals surface area contributed by atoms with Crippen LogP contribution in [0.5, 0.6) is 11.5 Å². The van der Waals surface area contributed by atoms with Crippen molar-refractivity contribution in [1.29, 1.82) is 0 Å². The molecule has 0 saturated carbocycles. The van der Waals surface area contributed by atoms with Crippen LogP contribution in [0.2, 0.25) is 0 Å². The summed E-state index contributed by atoms with van der Waals surface area (Å²) >= 11 is 0. The highest BCUT2D eigenvalue weighted by Crippen LogP contribution is 2.20. The molecule has 1 unspecified atom stereocenters. The van der Waals surface area contributed by atoms with E-state index in [1.807, 2.05) is 0 Å². The molecule has 7 nitrogen and oxygen atoms in total. The van der Waals surface area contributed by atoms with E-state index in [0.717, 1.165) is 18.2 Å². The van der Waals surface area contributed by atoms with Crippen LogP contribution in [0.3, 0.4) is 0 Å². The molecule has 1 aromatic carbocycles. The van der Waals surface area contributed by atoms with E-state index in [1.54, 1.807) is 0 Å². The number of methoxy groups -OCH3 is 1. The molecule has 0 saturated heterocycles. The fourth-order valence-electron chi connectivity index (χ4n) is 1.29. The highest BCUT2D eigenvalue weighted by molar-refractivity contribution is 5.95. The smallest absolute Gasteiger partial charge is 0.334 e. The van der Waals surface area contributed by atoms with Crippen LogP contribution >= 0.6 is 0 Å². The number of carboxylic acid groups (broad SMARTS) is 1. The molecule has 0 aliphatic rings. The highest BCUT2D eigenvalue weighted by atomic mass is 16.5. The molecular weight excluding hydrogens is 242 g/mol. The zero-order chi connectivity index (χ0) is 13.7. The Kier molecular flexibility index (Phi) is 4.50. The molecule has 0 bridgehead atoms. The van der Waals surface area contributed by atoms with Crippen LogP contribution in [0.4, 0.5) is 0 Å². The molecule has 1 atom stereocenters. The third-order valence-electron chi connectivity index (χ3n) is 2.17. The van der Waals surface area contributed by atoms with E-state index in [2.05, 4.69) is 10.1 Å². The molecule has 1 amide bonds. The average molecular weight is 255 g/mol. The van der Waals surface area contributed by atoms with E-state index in [9.17, 15) is 19.8 Å². The number of phenolic OH excluding ortho intramolecular Hbond substituents is 2. The molecule has 0 fully saturated rings. The van der Waals surface area contributed by atoms with Crippen molar-refractivity contribution in [2.75, 3.05) is 13.7 Å². The van der Waals surface area contributed by atoms with Gasteiger partial charge in [-0.1, -0.05) is 0 Å². The van der Waals surface area contributed by atoms with Gasteiger partial charge in [0.15, 0.2) is 6.10 Å². The van der Waals surface area contributed by atoms with Gasteiger partial charge in [-0.05, 0) is 12.1 Å². The molecule has 0 aliphatic heterocycles. The number of phenols is 2. The second-order valence-corrected chi connectivity index (χ2v) is 3.51. The maximum Gasteiger partial charge on any atom is 0.334 e. The van der Waals surface area contributed by atoms with E-state index in [0.29, 0.717) is 0 Å². The fourth-order valence-corrected chi connectivity index (χ4v) is 1.29. The second-order valence-electron chi connectivity index (χ2n) is 3.51. The Morgan fingerprint density at radius 2 is 1.83 bits per heavy atom. The van der Waals surface area contributed by atoms with Crippen LogP contribution in [0, 0.1) is 0 Å². The maximum atomic E-state index is 11.6. The molecular formula is C11H13NO6. The zero-order valence-electron chi connectivity index (χ0n) is 9.58. The summed E-state index contributed by atoms with van der Waals surface area (Å²) in [6, 6.07) is 3.38. The first-order valence-electron chi connectivity index (χ1n) is 5.01. The summed E-state index contributed by atoms with van der Waals surface area (Å²) in [6.45, 7) is -0.221. The van der Waals surface area contributed by atoms with Gasteiger partial charge in [0.2, 0.25) is 0 Å². The minimum atomic E-state index is -1.20. The van der Waals surface area contributed by atoms with Crippen LogP contribution in [-0.4, -0.2) is 47.0 Å². The topological polar surface area (TPSA) is 116 Å². The lowest BCUT2D eigenvalue weighted by Gasteiger charge is -2.11. The van der Waals surface area contributed by atoms with Crippen molar-refractivity contribution in [3.63, 3.8) is 0 Å². The monoisotopic (exact) mass is 255 g/mol. The summed E-state index contributed by atoms with van der Waals surface area (Å²) in [5, 5.41) is 29.4. The van der Waals surface area contributed by atoms with Gasteiger partial charge in [-0.2, -0.15) is 0 Å². The van der Waals surface area contributed by atoms with Gasteiger partial charge in [0, 0.05) is 18.7 Å². The van der Waals surface area contributed by atoms with E-state index in [1.165, 1.54) is 7.11 Å². The van der Waals surface area contributed by atoms with E-state index in [-0.39, 0.29) is 23.6 Å². The lowest BCUT2D eigenvalue weighted by atomic mass is 10.2. The zero-order valence-corrected chi connectivity index (χ0v) is 9.58. The number of benzene rings is 1. The number of hydrogen-bond donors (Lipinski definition) is 4. The third-order valence-corrected chi connectivity index (χ3v) is 2.17. The first-order chi connectivity index (χ1) is 8.43. The number of carboxylic acids is 1. The number of ether oxygens (including phenoxy) is 1. The van der Waals surface area contributed by atoms with Crippen LogP contribution in [0.25, 0.3) is 0 Å². The fraction of sp³-hybridized carbons (Fsp3) is 0.273. The van der Waals surface area contributed by atoms with Gasteiger partial charge in [0.1, 0.15) is 11.5 Å². The van der Waals surface area contributed by atoms with Crippen LogP contribution in [-0.2, 0) is 9.53 Å². The molecule has 7 heteroatoms. The van der Waals surface area contributed by atoms with Gasteiger partial charge in [-0.25, -0.2) is 4.79 Å². The molecule has 18 heavy (non-hydrogen) atoms. The standard InChI is InChI=1S/C11H13NO6/c1-18-9(11(16)17)5-12-10(15)6-2-7(13)4-8(14)3-6/h2-4,9,13-14H,5H2,1H3,(H,12,15)(H,16,17). The molecule has 0 aromatic heterocycles. The lowest BCUT2D eigenvalue weighted by molar-refractivity contribution is -0.148. The Bertz CT molecular complexity index is 439. The molecule has 0 spiro atoms. The Balaban J connectivity index is 2.68. The molecule has 1 rings (SSSR count). The van der Waals surface area contributed by atoms with Crippen molar-refractivity contribution >= 4 is 11.9 Å². The number of aromatic hydroxyl groups is 2. The largest absolute Gasteiger partial charge is 0.508 e.